The standard InChI is InChI=1S/C15H15N3O2/c1-3-7-19-14-12-15(17-9-16-14)20-13(18-12)11-6-4-5-10(2)8-11/h4-6,8-9H,3,7H2,1-2H3. The van der Waals surface area contributed by atoms with Gasteiger partial charge < -0.3 is 9.15 Å². The van der Waals surface area contributed by atoms with E-state index in [1.807, 2.05) is 38.1 Å². The molecule has 102 valence electrons. The highest BCUT2D eigenvalue weighted by Crippen LogP contribution is 2.27. The van der Waals surface area contributed by atoms with Crippen LogP contribution in [0.2, 0.25) is 0 Å². The molecule has 0 unspecified atom stereocenters. The lowest BCUT2D eigenvalue weighted by Crippen LogP contribution is -1.98. The number of aromatic nitrogens is 3. The third-order valence-electron chi connectivity index (χ3n) is 2.87. The smallest absolute Gasteiger partial charge is 0.254 e. The zero-order valence-electron chi connectivity index (χ0n) is 11.5. The molecule has 0 aliphatic carbocycles. The molecule has 0 aliphatic rings. The minimum absolute atomic E-state index is 0.447. The van der Waals surface area contributed by atoms with E-state index in [2.05, 4.69) is 15.0 Å². The van der Waals surface area contributed by atoms with E-state index in [9.17, 15) is 0 Å². The third kappa shape index (κ3) is 2.34. The van der Waals surface area contributed by atoms with Gasteiger partial charge in [-0.25, -0.2) is 4.98 Å². The van der Waals surface area contributed by atoms with Crippen LogP contribution in [0.5, 0.6) is 5.88 Å². The molecule has 0 bridgehead atoms. The van der Waals surface area contributed by atoms with Crippen LogP contribution >= 0.6 is 0 Å². The summed E-state index contributed by atoms with van der Waals surface area (Å²) in [5.74, 6) is 1.00. The Kier molecular flexibility index (Phi) is 3.33. The van der Waals surface area contributed by atoms with E-state index in [1.54, 1.807) is 0 Å². The second-order valence-electron chi connectivity index (χ2n) is 4.57. The average molecular weight is 269 g/mol. The zero-order chi connectivity index (χ0) is 13.9. The first-order valence-electron chi connectivity index (χ1n) is 6.59. The fourth-order valence-electron chi connectivity index (χ4n) is 1.94. The van der Waals surface area contributed by atoms with Crippen LogP contribution in [-0.4, -0.2) is 21.6 Å². The van der Waals surface area contributed by atoms with Gasteiger partial charge in [-0.15, -0.1) is 0 Å². The first-order valence-corrected chi connectivity index (χ1v) is 6.59. The Hall–Kier alpha value is -2.43. The number of benzene rings is 1. The maximum absolute atomic E-state index is 5.69. The number of hydrogen-bond acceptors (Lipinski definition) is 5. The predicted octanol–water partition coefficient (Wildman–Crippen LogP) is 3.38. The first-order chi connectivity index (χ1) is 9.78. The summed E-state index contributed by atoms with van der Waals surface area (Å²) in [6.45, 7) is 4.67. The minimum Gasteiger partial charge on any atom is -0.476 e. The summed E-state index contributed by atoms with van der Waals surface area (Å²) in [6.07, 6.45) is 2.34. The van der Waals surface area contributed by atoms with Gasteiger partial charge in [0.1, 0.15) is 6.33 Å². The molecular formula is C15H15N3O2. The van der Waals surface area contributed by atoms with Crippen molar-refractivity contribution >= 4 is 11.2 Å². The average Bonchev–Trinajstić information content (AvgIpc) is 2.89. The quantitative estimate of drug-likeness (QED) is 0.726. The van der Waals surface area contributed by atoms with Crippen LogP contribution in [0.25, 0.3) is 22.7 Å². The van der Waals surface area contributed by atoms with Gasteiger partial charge in [-0.1, -0.05) is 24.6 Å². The Morgan fingerprint density at radius 2 is 2.15 bits per heavy atom. The molecule has 3 aromatic rings. The van der Waals surface area contributed by atoms with Crippen LogP contribution in [-0.2, 0) is 0 Å². The molecule has 5 heteroatoms. The molecule has 0 saturated heterocycles. The number of nitrogens with zero attached hydrogens (tertiary/aromatic N) is 3. The van der Waals surface area contributed by atoms with E-state index in [0.29, 0.717) is 29.6 Å². The van der Waals surface area contributed by atoms with E-state index in [4.69, 9.17) is 9.15 Å². The molecule has 0 N–H and O–H groups in total. The van der Waals surface area contributed by atoms with Crippen LogP contribution in [0.4, 0.5) is 0 Å². The second kappa shape index (κ2) is 5.28. The Bertz CT molecular complexity index is 737. The van der Waals surface area contributed by atoms with Gasteiger partial charge in [0.05, 0.1) is 6.61 Å². The number of ether oxygens (including phenoxy) is 1. The number of oxazole rings is 1. The number of hydrogen-bond donors (Lipinski definition) is 0. The number of fused-ring (bicyclic) bond motifs is 1. The zero-order valence-corrected chi connectivity index (χ0v) is 11.5. The molecule has 3 rings (SSSR count). The van der Waals surface area contributed by atoms with Crippen molar-refractivity contribution in [1.82, 2.24) is 15.0 Å². The van der Waals surface area contributed by atoms with Crippen LogP contribution in [0.15, 0.2) is 35.0 Å². The molecule has 0 aliphatic heterocycles. The Morgan fingerprint density at radius 1 is 1.25 bits per heavy atom. The van der Waals surface area contributed by atoms with Crippen molar-refractivity contribution in [3.63, 3.8) is 0 Å². The summed E-state index contributed by atoms with van der Waals surface area (Å²) in [5, 5.41) is 0. The summed E-state index contributed by atoms with van der Waals surface area (Å²) >= 11 is 0. The number of aryl methyl sites for hydroxylation is 1. The lowest BCUT2D eigenvalue weighted by Gasteiger charge is -2.01. The topological polar surface area (TPSA) is 61.0 Å². The molecule has 20 heavy (non-hydrogen) atoms. The van der Waals surface area contributed by atoms with Gasteiger partial charge in [0.25, 0.3) is 5.71 Å². The summed E-state index contributed by atoms with van der Waals surface area (Å²) in [4.78, 5) is 12.7. The van der Waals surface area contributed by atoms with Crippen LogP contribution in [0.1, 0.15) is 18.9 Å². The Morgan fingerprint density at radius 3 is 2.95 bits per heavy atom. The molecule has 5 nitrogen and oxygen atoms in total. The van der Waals surface area contributed by atoms with E-state index in [0.717, 1.165) is 17.5 Å². The lowest BCUT2D eigenvalue weighted by molar-refractivity contribution is 0.308. The molecule has 0 amide bonds. The van der Waals surface area contributed by atoms with Gasteiger partial charge in [-0.3, -0.25) is 0 Å². The maximum Gasteiger partial charge on any atom is 0.254 e. The first kappa shape index (κ1) is 12.6. The lowest BCUT2D eigenvalue weighted by atomic mass is 10.1. The molecule has 0 saturated carbocycles. The predicted molar refractivity (Wildman–Crippen MR) is 75.6 cm³/mol. The SMILES string of the molecule is CCCOc1ncnc2oc(-c3cccc(C)c3)nc12. The molecule has 2 aromatic heterocycles. The van der Waals surface area contributed by atoms with Crippen molar-refractivity contribution in [3.8, 4) is 17.3 Å². The van der Waals surface area contributed by atoms with Crippen LogP contribution < -0.4 is 4.74 Å². The van der Waals surface area contributed by atoms with Crippen molar-refractivity contribution < 1.29 is 9.15 Å². The van der Waals surface area contributed by atoms with Crippen molar-refractivity contribution in [3.05, 3.63) is 36.2 Å². The molecule has 0 spiro atoms. The molecule has 1 aromatic carbocycles. The second-order valence-corrected chi connectivity index (χ2v) is 4.57. The molecule has 0 radical (unpaired) electrons. The Balaban J connectivity index is 2.06. The van der Waals surface area contributed by atoms with Crippen molar-refractivity contribution in [2.24, 2.45) is 0 Å². The van der Waals surface area contributed by atoms with Crippen molar-refractivity contribution in [2.45, 2.75) is 20.3 Å². The maximum atomic E-state index is 5.69. The molecular weight excluding hydrogens is 254 g/mol. The van der Waals surface area contributed by atoms with Crippen molar-refractivity contribution in [1.29, 1.82) is 0 Å². The fourth-order valence-corrected chi connectivity index (χ4v) is 1.94. The highest BCUT2D eigenvalue weighted by Gasteiger charge is 2.14. The fraction of sp³-hybridized carbons (Fsp3) is 0.267. The summed E-state index contributed by atoms with van der Waals surface area (Å²) < 4.78 is 11.3. The van der Waals surface area contributed by atoms with Gasteiger partial charge in [0, 0.05) is 5.56 Å². The van der Waals surface area contributed by atoms with E-state index < -0.39 is 0 Å². The minimum atomic E-state index is 0.447. The summed E-state index contributed by atoms with van der Waals surface area (Å²) in [5.41, 5.74) is 3.09. The van der Waals surface area contributed by atoms with Gasteiger partial charge in [0.2, 0.25) is 11.8 Å². The van der Waals surface area contributed by atoms with Crippen LogP contribution in [0, 0.1) is 6.92 Å². The Labute approximate surface area is 116 Å². The number of rotatable bonds is 4. The monoisotopic (exact) mass is 269 g/mol. The van der Waals surface area contributed by atoms with Gasteiger partial charge in [0.15, 0.2) is 5.52 Å². The van der Waals surface area contributed by atoms with Gasteiger partial charge in [-0.2, -0.15) is 9.97 Å². The van der Waals surface area contributed by atoms with E-state index in [-0.39, 0.29) is 0 Å². The summed E-state index contributed by atoms with van der Waals surface area (Å²) in [7, 11) is 0. The summed E-state index contributed by atoms with van der Waals surface area (Å²) in [6, 6.07) is 7.98. The van der Waals surface area contributed by atoms with Gasteiger partial charge >= 0.3 is 0 Å². The third-order valence-corrected chi connectivity index (χ3v) is 2.87. The van der Waals surface area contributed by atoms with Crippen molar-refractivity contribution in [2.75, 3.05) is 6.61 Å². The molecule has 0 fully saturated rings. The van der Waals surface area contributed by atoms with E-state index in [1.165, 1.54) is 6.33 Å². The van der Waals surface area contributed by atoms with Gasteiger partial charge in [-0.05, 0) is 25.5 Å². The molecule has 0 atom stereocenters. The van der Waals surface area contributed by atoms with E-state index >= 15 is 0 Å². The highest BCUT2D eigenvalue weighted by molar-refractivity contribution is 5.77. The normalized spacial score (nSPS) is 10.9. The largest absolute Gasteiger partial charge is 0.476 e. The van der Waals surface area contributed by atoms with Crippen LogP contribution in [0.3, 0.4) is 0 Å². The molecule has 2 heterocycles. The highest BCUT2D eigenvalue weighted by atomic mass is 16.5.